The third kappa shape index (κ3) is 3.36. The van der Waals surface area contributed by atoms with Crippen molar-refractivity contribution in [2.45, 2.75) is 31.2 Å². The number of hydrogen-bond acceptors (Lipinski definition) is 6. The van der Waals surface area contributed by atoms with Gasteiger partial charge in [-0.25, -0.2) is 22.9 Å². The predicted molar refractivity (Wildman–Crippen MR) is 114 cm³/mol. The maximum atomic E-state index is 14.0. The van der Waals surface area contributed by atoms with Gasteiger partial charge in [0.25, 0.3) is 5.92 Å². The molecule has 2 fully saturated rings. The summed E-state index contributed by atoms with van der Waals surface area (Å²) in [5.74, 6) is -2.97. The maximum Gasteiger partial charge on any atom is 0.328 e. The molecule has 2 aliphatic rings. The van der Waals surface area contributed by atoms with Gasteiger partial charge >= 0.3 is 5.69 Å². The number of rotatable bonds is 3. The lowest BCUT2D eigenvalue weighted by Crippen LogP contribution is -2.28. The van der Waals surface area contributed by atoms with E-state index >= 15 is 0 Å². The highest BCUT2D eigenvalue weighted by Gasteiger charge is 2.40. The highest BCUT2D eigenvalue weighted by atomic mass is 19.3. The van der Waals surface area contributed by atoms with E-state index in [1.54, 1.807) is 4.57 Å². The molecule has 5 heterocycles. The predicted octanol–water partition coefficient (Wildman–Crippen LogP) is 2.79. The van der Waals surface area contributed by atoms with E-state index in [-0.39, 0.29) is 36.5 Å². The third-order valence-corrected chi connectivity index (χ3v) is 6.29. The molecule has 2 saturated heterocycles. The summed E-state index contributed by atoms with van der Waals surface area (Å²) in [5.41, 5.74) is 1.22. The van der Waals surface area contributed by atoms with E-state index in [2.05, 4.69) is 19.9 Å². The number of halogens is 3. The Balaban J connectivity index is 1.59. The highest BCUT2D eigenvalue weighted by molar-refractivity contribution is 5.85. The molecule has 9 nitrogen and oxygen atoms in total. The molecule has 0 bridgehead atoms. The molecule has 1 N–H and O–H groups in total. The smallest absolute Gasteiger partial charge is 0.328 e. The van der Waals surface area contributed by atoms with Gasteiger partial charge < -0.3 is 14.6 Å². The van der Waals surface area contributed by atoms with Crippen molar-refractivity contribution in [3.63, 3.8) is 0 Å². The van der Waals surface area contributed by atoms with Gasteiger partial charge in [-0.15, -0.1) is 0 Å². The van der Waals surface area contributed by atoms with Gasteiger partial charge in [-0.3, -0.25) is 9.13 Å². The van der Waals surface area contributed by atoms with Gasteiger partial charge in [-0.1, -0.05) is 0 Å². The van der Waals surface area contributed by atoms with Crippen molar-refractivity contribution in [3.8, 4) is 5.95 Å². The Hall–Kier alpha value is -3.41. The summed E-state index contributed by atoms with van der Waals surface area (Å²) < 4.78 is 50.5. The maximum absolute atomic E-state index is 14.0. The summed E-state index contributed by atoms with van der Waals surface area (Å²) in [6.07, 6.45) is 2.40. The molecule has 12 heteroatoms. The molecule has 0 radical (unpaired) electrons. The van der Waals surface area contributed by atoms with Gasteiger partial charge in [0.15, 0.2) is 11.5 Å². The van der Waals surface area contributed by atoms with Crippen LogP contribution in [0.2, 0.25) is 0 Å². The fourth-order valence-electron chi connectivity index (χ4n) is 4.65. The summed E-state index contributed by atoms with van der Waals surface area (Å²) in [4.78, 5) is 30.6. The Morgan fingerprint density at radius 2 is 2.00 bits per heavy atom. The van der Waals surface area contributed by atoms with Crippen LogP contribution >= 0.6 is 0 Å². The van der Waals surface area contributed by atoms with Crippen LogP contribution < -0.4 is 10.6 Å². The van der Waals surface area contributed by atoms with Crippen LogP contribution in [0.3, 0.4) is 0 Å². The Bertz CT molecular complexity index is 1420. The molecule has 0 amide bonds. The van der Waals surface area contributed by atoms with E-state index in [0.29, 0.717) is 48.3 Å². The lowest BCUT2D eigenvalue weighted by molar-refractivity contribution is 0.0257. The molecule has 172 valence electrons. The number of nitrogens with zero attached hydrogens (tertiary/aromatic N) is 6. The summed E-state index contributed by atoms with van der Waals surface area (Å²) in [6.45, 7) is 0.599. The van der Waals surface area contributed by atoms with Crippen LogP contribution in [-0.2, 0) is 4.74 Å². The first-order valence-electron chi connectivity index (χ1n) is 10.8. The molecule has 2 aliphatic heterocycles. The lowest BCUT2D eigenvalue weighted by Gasteiger charge is -2.23. The normalized spacial score (nSPS) is 19.2. The monoisotopic (exact) mass is 459 g/mol. The van der Waals surface area contributed by atoms with Crippen molar-refractivity contribution in [3.05, 3.63) is 40.8 Å². The first-order valence-corrected chi connectivity index (χ1v) is 10.8. The zero-order valence-electron chi connectivity index (χ0n) is 17.5. The van der Waals surface area contributed by atoms with E-state index in [0.717, 1.165) is 0 Å². The second-order valence-corrected chi connectivity index (χ2v) is 8.46. The second-order valence-electron chi connectivity index (χ2n) is 8.46. The SMILES string of the molecule is O=c1[nH]c2c(N3CCC(F)(F)C3)nc(-n3cnc4ccc(F)cc43)nc2n1C1CCOCC1. The molecule has 0 saturated carbocycles. The van der Waals surface area contributed by atoms with Gasteiger partial charge in [-0.05, 0) is 25.0 Å². The number of fused-ring (bicyclic) bond motifs is 2. The molecule has 0 atom stereocenters. The Morgan fingerprint density at radius 1 is 1.18 bits per heavy atom. The van der Waals surface area contributed by atoms with Gasteiger partial charge in [0, 0.05) is 38.3 Å². The minimum Gasteiger partial charge on any atom is -0.381 e. The number of hydrogen-bond donors (Lipinski definition) is 1. The molecule has 0 unspecified atom stereocenters. The van der Waals surface area contributed by atoms with Crippen molar-refractivity contribution >= 4 is 28.0 Å². The van der Waals surface area contributed by atoms with Crippen LogP contribution in [0, 0.1) is 5.82 Å². The van der Waals surface area contributed by atoms with Crippen molar-refractivity contribution in [2.24, 2.45) is 0 Å². The largest absolute Gasteiger partial charge is 0.381 e. The van der Waals surface area contributed by atoms with Crippen LogP contribution in [0.5, 0.6) is 0 Å². The van der Waals surface area contributed by atoms with E-state index in [1.165, 1.54) is 34.0 Å². The number of aromatic nitrogens is 6. The molecule has 0 spiro atoms. The van der Waals surface area contributed by atoms with Gasteiger partial charge in [0.1, 0.15) is 17.7 Å². The van der Waals surface area contributed by atoms with E-state index in [9.17, 15) is 18.0 Å². The summed E-state index contributed by atoms with van der Waals surface area (Å²) in [7, 11) is 0. The van der Waals surface area contributed by atoms with Gasteiger partial charge in [0.2, 0.25) is 5.95 Å². The molecule has 1 aromatic carbocycles. The minimum absolute atomic E-state index is 0.0857. The van der Waals surface area contributed by atoms with Crippen LogP contribution in [-0.4, -0.2) is 61.3 Å². The zero-order chi connectivity index (χ0) is 22.7. The Kier molecular flexibility index (Phi) is 4.47. The first-order chi connectivity index (χ1) is 15.9. The van der Waals surface area contributed by atoms with Crippen molar-refractivity contribution in [1.82, 2.24) is 29.1 Å². The molecule has 33 heavy (non-hydrogen) atoms. The number of alkyl halides is 2. The fourth-order valence-corrected chi connectivity index (χ4v) is 4.65. The number of H-pyrrole nitrogens is 1. The number of benzene rings is 1. The molecule has 3 aromatic heterocycles. The first kappa shape index (κ1) is 20.2. The van der Waals surface area contributed by atoms with Crippen LogP contribution in [0.15, 0.2) is 29.3 Å². The Labute approximate surface area is 184 Å². The van der Waals surface area contributed by atoms with Crippen LogP contribution in [0.1, 0.15) is 25.3 Å². The van der Waals surface area contributed by atoms with Crippen LogP contribution in [0.25, 0.3) is 28.1 Å². The quantitative estimate of drug-likeness (QED) is 0.507. The van der Waals surface area contributed by atoms with Gasteiger partial charge in [0.05, 0.1) is 17.6 Å². The number of aromatic amines is 1. The number of ether oxygens (including phenoxy) is 1. The third-order valence-electron chi connectivity index (χ3n) is 6.29. The number of nitrogens with one attached hydrogen (secondary N) is 1. The second kappa shape index (κ2) is 7.30. The zero-order valence-corrected chi connectivity index (χ0v) is 17.5. The fraction of sp³-hybridized carbons (Fsp3) is 0.429. The standard InChI is InChI=1S/C21H20F3N7O2/c22-12-1-2-14-15(9-12)30(11-25-14)19-27-17(29-6-5-21(23,24)10-29)16-18(28-19)31(20(32)26-16)13-3-7-33-8-4-13/h1-2,9,11,13H,3-8,10H2,(H,26,32). The lowest BCUT2D eigenvalue weighted by atomic mass is 10.1. The molecule has 6 rings (SSSR count). The molecule has 4 aromatic rings. The molecular weight excluding hydrogens is 439 g/mol. The van der Waals surface area contributed by atoms with Crippen molar-refractivity contribution < 1.29 is 17.9 Å². The average Bonchev–Trinajstić information content (AvgIpc) is 3.47. The minimum atomic E-state index is -2.86. The summed E-state index contributed by atoms with van der Waals surface area (Å²) in [5, 5.41) is 0. The van der Waals surface area contributed by atoms with E-state index < -0.39 is 18.3 Å². The van der Waals surface area contributed by atoms with E-state index in [1.807, 2.05) is 0 Å². The summed E-state index contributed by atoms with van der Waals surface area (Å²) >= 11 is 0. The van der Waals surface area contributed by atoms with Crippen molar-refractivity contribution in [1.29, 1.82) is 0 Å². The summed E-state index contributed by atoms with van der Waals surface area (Å²) in [6, 6.07) is 4.00. The number of anilines is 1. The van der Waals surface area contributed by atoms with Crippen LogP contribution in [0.4, 0.5) is 19.0 Å². The topological polar surface area (TPSA) is 93.9 Å². The Morgan fingerprint density at radius 3 is 2.76 bits per heavy atom. The number of imidazole rings is 2. The van der Waals surface area contributed by atoms with Crippen molar-refractivity contribution in [2.75, 3.05) is 31.2 Å². The van der Waals surface area contributed by atoms with E-state index in [4.69, 9.17) is 4.74 Å². The highest BCUT2D eigenvalue weighted by Crippen LogP contribution is 2.34. The van der Waals surface area contributed by atoms with Gasteiger partial charge in [-0.2, -0.15) is 9.97 Å². The molecular formula is C21H20F3N7O2. The molecule has 0 aliphatic carbocycles. The average molecular weight is 459 g/mol.